The van der Waals surface area contributed by atoms with E-state index in [4.69, 9.17) is 16.3 Å². The Morgan fingerprint density at radius 2 is 1.82 bits per heavy atom. The number of guanidine groups is 1. The van der Waals surface area contributed by atoms with Crippen LogP contribution in [-0.2, 0) is 4.74 Å². The molecular weight excluding hydrogens is 473 g/mol. The zero-order valence-electron chi connectivity index (χ0n) is 18.3. The molecule has 0 spiro atoms. The largest absolute Gasteiger partial charge is 0.450 e. The normalized spacial score (nSPS) is 18.2. The number of nitrogens with one attached hydrogen (secondary N) is 3. The van der Waals surface area contributed by atoms with Crippen LogP contribution in [0.1, 0.15) is 43.0 Å². The molecule has 11 heteroatoms. The summed E-state index contributed by atoms with van der Waals surface area (Å²) < 4.78 is 46.1. The van der Waals surface area contributed by atoms with Crippen molar-refractivity contribution in [3.63, 3.8) is 0 Å². The zero-order valence-corrected chi connectivity index (χ0v) is 19.1. The molecule has 0 saturated heterocycles. The van der Waals surface area contributed by atoms with Crippen LogP contribution < -0.4 is 16.0 Å². The molecule has 1 fully saturated rings. The molecule has 0 aromatic heterocycles. The number of amides is 2. The van der Waals surface area contributed by atoms with Crippen LogP contribution in [0.4, 0.5) is 23.7 Å². The fraction of sp³-hybridized carbons (Fsp3) is 0.348. The van der Waals surface area contributed by atoms with Crippen molar-refractivity contribution in [1.82, 2.24) is 10.6 Å². The summed E-state index contributed by atoms with van der Waals surface area (Å²) >= 11 is 5.84. The Morgan fingerprint density at radius 1 is 1.09 bits per heavy atom. The van der Waals surface area contributed by atoms with Gasteiger partial charge < -0.3 is 15.4 Å². The third-order valence-electron chi connectivity index (χ3n) is 5.22. The second-order valence-corrected chi connectivity index (χ2v) is 8.06. The van der Waals surface area contributed by atoms with E-state index in [0.717, 1.165) is 18.2 Å². The molecule has 2 aromatic rings. The van der Waals surface area contributed by atoms with Crippen LogP contribution >= 0.6 is 11.6 Å². The SMILES string of the molecule is CCOC(=O)NC1CCC(N=C(NC(=O)c2ccc(F)c(F)c2)Nc2cccc(Cl)c2F)CC1. The van der Waals surface area contributed by atoms with E-state index in [1.807, 2.05) is 0 Å². The van der Waals surface area contributed by atoms with E-state index in [0.29, 0.717) is 25.7 Å². The maximum absolute atomic E-state index is 14.4. The van der Waals surface area contributed by atoms with Gasteiger partial charge in [0, 0.05) is 11.6 Å². The Hall–Kier alpha value is -3.27. The minimum atomic E-state index is -1.17. The molecule has 2 amide bonds. The highest BCUT2D eigenvalue weighted by atomic mass is 35.5. The molecule has 3 N–H and O–H groups in total. The molecule has 0 atom stereocenters. The second-order valence-electron chi connectivity index (χ2n) is 7.66. The monoisotopic (exact) mass is 496 g/mol. The molecule has 3 rings (SSSR count). The number of halogens is 4. The molecule has 0 bridgehead atoms. The Bertz CT molecular complexity index is 1080. The summed E-state index contributed by atoms with van der Waals surface area (Å²) in [5.41, 5.74) is -0.156. The van der Waals surface area contributed by atoms with Gasteiger partial charge in [-0.1, -0.05) is 17.7 Å². The van der Waals surface area contributed by atoms with E-state index in [9.17, 15) is 22.8 Å². The first-order valence-corrected chi connectivity index (χ1v) is 11.1. The molecule has 1 aliphatic rings. The zero-order chi connectivity index (χ0) is 24.7. The van der Waals surface area contributed by atoms with Gasteiger partial charge in [0.15, 0.2) is 17.5 Å². The molecular formula is C23H24ClF3N4O3. The lowest BCUT2D eigenvalue weighted by Gasteiger charge is -2.27. The van der Waals surface area contributed by atoms with E-state index < -0.39 is 29.5 Å². The number of alkyl carbamates (subject to hydrolysis) is 1. The average molecular weight is 497 g/mol. The fourth-order valence-corrected chi connectivity index (χ4v) is 3.69. The van der Waals surface area contributed by atoms with Crippen molar-refractivity contribution < 1.29 is 27.5 Å². The van der Waals surface area contributed by atoms with Gasteiger partial charge in [0.2, 0.25) is 5.96 Å². The first-order chi connectivity index (χ1) is 16.3. The number of anilines is 1. The van der Waals surface area contributed by atoms with Crippen LogP contribution in [0.5, 0.6) is 0 Å². The highest BCUT2D eigenvalue weighted by Crippen LogP contribution is 2.24. The summed E-state index contributed by atoms with van der Waals surface area (Å²) in [5, 5.41) is 7.88. The van der Waals surface area contributed by atoms with E-state index in [1.54, 1.807) is 6.92 Å². The van der Waals surface area contributed by atoms with E-state index >= 15 is 0 Å². The molecule has 7 nitrogen and oxygen atoms in total. The van der Waals surface area contributed by atoms with Crippen LogP contribution in [0.3, 0.4) is 0 Å². The Balaban J connectivity index is 1.75. The number of aliphatic imine (C=N–C) groups is 1. The minimum absolute atomic E-state index is 0.0190. The summed E-state index contributed by atoms with van der Waals surface area (Å²) in [7, 11) is 0. The number of carbonyl (C=O) groups excluding carboxylic acids is 2. The highest BCUT2D eigenvalue weighted by Gasteiger charge is 2.24. The summed E-state index contributed by atoms with van der Waals surface area (Å²) in [4.78, 5) is 28.8. The summed E-state index contributed by atoms with van der Waals surface area (Å²) in [5.74, 6) is -3.82. The van der Waals surface area contributed by atoms with Gasteiger partial charge in [0.25, 0.3) is 5.91 Å². The lowest BCUT2D eigenvalue weighted by atomic mass is 9.92. The first-order valence-electron chi connectivity index (χ1n) is 10.7. The van der Waals surface area contributed by atoms with Gasteiger partial charge in [-0.05, 0) is 62.9 Å². The van der Waals surface area contributed by atoms with Gasteiger partial charge in [0.05, 0.1) is 23.4 Å². The molecule has 1 saturated carbocycles. The number of hydrogen-bond acceptors (Lipinski definition) is 4. The maximum atomic E-state index is 14.4. The lowest BCUT2D eigenvalue weighted by molar-refractivity contribution is 0.0976. The summed E-state index contributed by atoms with van der Waals surface area (Å²) in [6.45, 7) is 2.00. The average Bonchev–Trinajstić information content (AvgIpc) is 2.80. The predicted octanol–water partition coefficient (Wildman–Crippen LogP) is 5.01. The Kier molecular flexibility index (Phi) is 8.75. The van der Waals surface area contributed by atoms with Crippen LogP contribution in [-0.4, -0.2) is 36.7 Å². The van der Waals surface area contributed by atoms with Gasteiger partial charge in [-0.2, -0.15) is 0 Å². The van der Waals surface area contributed by atoms with Gasteiger partial charge >= 0.3 is 6.09 Å². The third-order valence-corrected chi connectivity index (χ3v) is 5.52. The number of nitrogens with zero attached hydrogens (tertiary/aromatic N) is 1. The standard InChI is InChI=1S/C23H24ClF3N4O3/c1-2-34-23(33)29-15-9-7-14(8-10-15)28-22(30-19-5-3-4-16(24)20(19)27)31-21(32)13-6-11-17(25)18(26)12-13/h3-6,11-12,14-15H,2,7-10H2,1H3,(H,29,33)(H2,28,30,31,32). The molecule has 34 heavy (non-hydrogen) atoms. The third kappa shape index (κ3) is 6.86. The predicted molar refractivity (Wildman–Crippen MR) is 122 cm³/mol. The van der Waals surface area contributed by atoms with Crippen LogP contribution in [0.15, 0.2) is 41.4 Å². The van der Waals surface area contributed by atoms with E-state index in [2.05, 4.69) is 20.9 Å². The number of carbonyl (C=O) groups is 2. The van der Waals surface area contributed by atoms with E-state index in [1.165, 1.54) is 18.2 Å². The fourth-order valence-electron chi connectivity index (χ4n) is 3.51. The van der Waals surface area contributed by atoms with Crippen LogP contribution in [0.25, 0.3) is 0 Å². The first kappa shape index (κ1) is 25.4. The minimum Gasteiger partial charge on any atom is -0.450 e. The quantitative estimate of drug-likeness (QED) is 0.401. The van der Waals surface area contributed by atoms with Crippen molar-refractivity contribution >= 4 is 35.2 Å². The molecule has 0 unspecified atom stereocenters. The van der Waals surface area contributed by atoms with Crippen LogP contribution in [0, 0.1) is 17.5 Å². The van der Waals surface area contributed by atoms with Gasteiger partial charge in [-0.3, -0.25) is 10.1 Å². The molecule has 2 aromatic carbocycles. The number of ether oxygens (including phenoxy) is 1. The number of benzene rings is 2. The Morgan fingerprint density at radius 3 is 2.50 bits per heavy atom. The van der Waals surface area contributed by atoms with Crippen molar-refractivity contribution in [3.8, 4) is 0 Å². The molecule has 182 valence electrons. The molecule has 1 aliphatic carbocycles. The maximum Gasteiger partial charge on any atom is 0.407 e. The smallest absolute Gasteiger partial charge is 0.407 e. The lowest BCUT2D eigenvalue weighted by Crippen LogP contribution is -2.40. The van der Waals surface area contributed by atoms with Crippen molar-refractivity contribution in [1.29, 1.82) is 0 Å². The number of rotatable bonds is 5. The molecule has 0 aliphatic heterocycles. The molecule has 0 heterocycles. The number of hydrogen-bond donors (Lipinski definition) is 3. The molecule has 0 radical (unpaired) electrons. The topological polar surface area (TPSA) is 91.8 Å². The summed E-state index contributed by atoms with van der Waals surface area (Å²) in [6.07, 6.45) is 1.95. The van der Waals surface area contributed by atoms with Crippen molar-refractivity contribution in [2.45, 2.75) is 44.7 Å². The second kappa shape index (κ2) is 11.7. The van der Waals surface area contributed by atoms with Gasteiger partial charge in [0.1, 0.15) is 0 Å². The van der Waals surface area contributed by atoms with Crippen molar-refractivity contribution in [3.05, 3.63) is 64.4 Å². The van der Waals surface area contributed by atoms with Crippen molar-refractivity contribution in [2.24, 2.45) is 4.99 Å². The van der Waals surface area contributed by atoms with Gasteiger partial charge in [-0.25, -0.2) is 23.0 Å². The highest BCUT2D eigenvalue weighted by molar-refractivity contribution is 6.31. The Labute approximate surface area is 199 Å². The summed E-state index contributed by atoms with van der Waals surface area (Å²) in [6, 6.07) is 6.72. The van der Waals surface area contributed by atoms with Crippen LogP contribution in [0.2, 0.25) is 5.02 Å². The van der Waals surface area contributed by atoms with Gasteiger partial charge in [-0.15, -0.1) is 0 Å². The van der Waals surface area contributed by atoms with Crippen molar-refractivity contribution in [2.75, 3.05) is 11.9 Å². The van der Waals surface area contributed by atoms with E-state index in [-0.39, 0.29) is 40.9 Å².